The number of anilines is 2. The first-order valence-electron chi connectivity index (χ1n) is 16.1. The number of nitrogens with zero attached hydrogens (tertiary/aromatic N) is 1. The lowest BCUT2D eigenvalue weighted by atomic mass is 10.1. The molecule has 0 saturated heterocycles. The van der Waals surface area contributed by atoms with Gasteiger partial charge in [0, 0.05) is 27.1 Å². The molecule has 0 spiro atoms. The highest BCUT2D eigenvalue weighted by atomic mass is 32.2. The lowest BCUT2D eigenvalue weighted by molar-refractivity contribution is -0.116. The Morgan fingerprint density at radius 3 is 2.08 bits per heavy atom. The number of thiazole rings is 1. The van der Waals surface area contributed by atoms with E-state index in [9.17, 15) is 14.4 Å². The van der Waals surface area contributed by atoms with E-state index in [-0.39, 0.29) is 11.6 Å². The second-order valence-electron chi connectivity index (χ2n) is 11.3. The van der Waals surface area contributed by atoms with Crippen LogP contribution in [0, 0.1) is 0 Å². The molecule has 0 radical (unpaired) electrons. The maximum absolute atomic E-state index is 13.8. The van der Waals surface area contributed by atoms with Crippen LogP contribution in [0.1, 0.15) is 26.7 Å². The summed E-state index contributed by atoms with van der Waals surface area (Å²) in [5.41, 5.74) is 4.10. The molecule has 0 saturated carbocycles. The van der Waals surface area contributed by atoms with E-state index in [0.717, 1.165) is 27.5 Å². The third-order valence-corrected chi connectivity index (χ3v) is 9.77. The predicted octanol–water partition coefficient (Wildman–Crippen LogP) is 8.71. The molecular formula is C41H34N4O5S2. The maximum atomic E-state index is 13.8. The van der Waals surface area contributed by atoms with Gasteiger partial charge >= 0.3 is 0 Å². The number of methoxy groups -OCH3 is 2. The van der Waals surface area contributed by atoms with Gasteiger partial charge in [0.25, 0.3) is 11.8 Å². The molecular weight excluding hydrogens is 693 g/mol. The van der Waals surface area contributed by atoms with E-state index < -0.39 is 17.1 Å². The second kappa shape index (κ2) is 17.2. The molecule has 6 rings (SSSR count). The second-order valence-corrected chi connectivity index (χ2v) is 13.3. The Hall–Kier alpha value is -6.17. The smallest absolute Gasteiger partial charge is 0.272 e. The molecule has 3 amide bonds. The van der Waals surface area contributed by atoms with Crippen molar-refractivity contribution in [3.63, 3.8) is 0 Å². The molecule has 0 aliphatic heterocycles. The number of hydrogen-bond donors (Lipinski definition) is 3. The van der Waals surface area contributed by atoms with E-state index in [1.54, 1.807) is 87.0 Å². The summed E-state index contributed by atoms with van der Waals surface area (Å²) in [6.07, 6.45) is 1.60. The number of nitrogens with one attached hydrogen (secondary N) is 3. The minimum atomic E-state index is -0.629. The minimum Gasteiger partial charge on any atom is -0.497 e. The molecule has 3 N–H and O–H groups in total. The molecule has 0 fully saturated rings. The molecule has 1 unspecified atom stereocenters. The van der Waals surface area contributed by atoms with Crippen molar-refractivity contribution in [1.29, 1.82) is 0 Å². The van der Waals surface area contributed by atoms with Gasteiger partial charge < -0.3 is 25.4 Å². The summed E-state index contributed by atoms with van der Waals surface area (Å²) in [6.45, 7) is 0. The zero-order chi connectivity index (χ0) is 36.3. The Kier molecular flexibility index (Phi) is 11.8. The molecule has 1 atom stereocenters. The van der Waals surface area contributed by atoms with Gasteiger partial charge in [0.15, 0.2) is 5.13 Å². The topological polar surface area (TPSA) is 119 Å². The van der Waals surface area contributed by atoms with E-state index in [1.807, 2.05) is 72.1 Å². The van der Waals surface area contributed by atoms with E-state index in [2.05, 4.69) is 20.9 Å². The van der Waals surface area contributed by atoms with Crippen molar-refractivity contribution in [2.75, 3.05) is 24.9 Å². The first-order chi connectivity index (χ1) is 25.4. The van der Waals surface area contributed by atoms with Crippen LogP contribution in [0.3, 0.4) is 0 Å². The van der Waals surface area contributed by atoms with Crippen molar-refractivity contribution in [3.05, 3.63) is 161 Å². The first-order valence-corrected chi connectivity index (χ1v) is 17.9. The number of ether oxygens (including phenoxy) is 2. The van der Waals surface area contributed by atoms with Crippen LogP contribution in [0.15, 0.2) is 149 Å². The largest absolute Gasteiger partial charge is 0.497 e. The molecule has 0 aliphatic rings. The molecule has 1 aromatic heterocycles. The first kappa shape index (κ1) is 35.6. The fourth-order valence-corrected chi connectivity index (χ4v) is 6.89. The lowest BCUT2D eigenvalue weighted by Crippen LogP contribution is -2.30. The third-order valence-electron chi connectivity index (χ3n) is 7.76. The Labute approximate surface area is 309 Å². The van der Waals surface area contributed by atoms with Gasteiger partial charge in [-0.1, -0.05) is 66.7 Å². The number of hydrogen-bond acceptors (Lipinski definition) is 8. The highest BCUT2D eigenvalue weighted by molar-refractivity contribution is 8.00. The Balaban J connectivity index is 1.20. The average molecular weight is 727 g/mol. The summed E-state index contributed by atoms with van der Waals surface area (Å²) in [5, 5.41) is 10.4. The van der Waals surface area contributed by atoms with E-state index in [0.29, 0.717) is 27.7 Å². The van der Waals surface area contributed by atoms with E-state index in [1.165, 1.54) is 23.1 Å². The number of thioether (sulfide) groups is 1. The Morgan fingerprint density at radius 1 is 0.750 bits per heavy atom. The quantitative estimate of drug-likeness (QED) is 0.0805. The van der Waals surface area contributed by atoms with Crippen molar-refractivity contribution >= 4 is 57.7 Å². The van der Waals surface area contributed by atoms with Crippen molar-refractivity contribution < 1.29 is 23.9 Å². The molecule has 6 aromatic rings. The zero-order valence-electron chi connectivity index (χ0n) is 28.2. The van der Waals surface area contributed by atoms with Crippen molar-refractivity contribution in [1.82, 2.24) is 10.3 Å². The summed E-state index contributed by atoms with van der Waals surface area (Å²) in [5.74, 6) is 0.232. The van der Waals surface area contributed by atoms with Gasteiger partial charge in [-0.2, -0.15) is 0 Å². The number of benzene rings is 5. The van der Waals surface area contributed by atoms with Crippen LogP contribution in [0.4, 0.5) is 10.8 Å². The number of amides is 3. The monoisotopic (exact) mass is 726 g/mol. The number of carbonyl (C=O) groups excluding carboxylic acids is 3. The molecule has 52 heavy (non-hydrogen) atoms. The van der Waals surface area contributed by atoms with Gasteiger partial charge in [-0.15, -0.1) is 23.1 Å². The summed E-state index contributed by atoms with van der Waals surface area (Å²) in [4.78, 5) is 46.0. The van der Waals surface area contributed by atoms with Crippen LogP contribution < -0.4 is 25.4 Å². The molecule has 9 nitrogen and oxygen atoms in total. The highest BCUT2D eigenvalue weighted by Gasteiger charge is 2.24. The maximum Gasteiger partial charge on any atom is 0.272 e. The average Bonchev–Trinajstić information content (AvgIpc) is 3.66. The molecule has 260 valence electrons. The van der Waals surface area contributed by atoms with Crippen LogP contribution >= 0.6 is 23.1 Å². The zero-order valence-corrected chi connectivity index (χ0v) is 29.9. The van der Waals surface area contributed by atoms with Gasteiger partial charge in [-0.25, -0.2) is 4.98 Å². The Bertz CT molecular complexity index is 2170. The summed E-state index contributed by atoms with van der Waals surface area (Å²) >= 11 is 2.69. The van der Waals surface area contributed by atoms with E-state index >= 15 is 0 Å². The van der Waals surface area contributed by atoms with Gasteiger partial charge in [-0.05, 0) is 83.9 Å². The van der Waals surface area contributed by atoms with Crippen molar-refractivity contribution in [2.24, 2.45) is 0 Å². The van der Waals surface area contributed by atoms with E-state index in [4.69, 9.17) is 9.47 Å². The molecule has 11 heteroatoms. The van der Waals surface area contributed by atoms with Crippen molar-refractivity contribution in [2.45, 2.75) is 10.1 Å². The van der Waals surface area contributed by atoms with Crippen LogP contribution in [0.5, 0.6) is 11.5 Å². The SMILES string of the molecule is COc1ccc(/C=C(/NC(=O)c2ccccc2)C(=O)Nc2cccc(SC(C(=O)Nc3nc(-c4ccc(OC)cc4)cs3)c3ccccc3)c2)cc1. The summed E-state index contributed by atoms with van der Waals surface area (Å²) in [7, 11) is 3.19. The number of aromatic nitrogens is 1. The van der Waals surface area contributed by atoms with Crippen LogP contribution in [-0.4, -0.2) is 36.9 Å². The fraction of sp³-hybridized carbons (Fsp3) is 0.0732. The molecule has 5 aromatic carbocycles. The highest BCUT2D eigenvalue weighted by Crippen LogP contribution is 2.38. The number of rotatable bonds is 13. The standard InChI is InChI=1S/C41H34N4O5S2/c1-49-32-20-16-27(17-21-32)24-35(43-38(46)30-12-7-4-8-13-30)39(47)42-31-14-9-15-34(25-31)52-37(29-10-5-3-6-11-29)40(48)45-41-44-36(26-51-41)28-18-22-33(50-2)23-19-28/h3-26,37H,1-2H3,(H,42,47)(H,43,46)(H,44,45,48)/b35-24+. The van der Waals surface area contributed by atoms with Crippen LogP contribution in [0.2, 0.25) is 0 Å². The van der Waals surface area contributed by atoms with Gasteiger partial charge in [0.2, 0.25) is 5.91 Å². The van der Waals surface area contributed by atoms with Gasteiger partial charge in [0.05, 0.1) is 19.9 Å². The lowest BCUT2D eigenvalue weighted by Gasteiger charge is -2.17. The van der Waals surface area contributed by atoms with Gasteiger partial charge in [0.1, 0.15) is 22.4 Å². The molecule has 0 aliphatic carbocycles. The Morgan fingerprint density at radius 2 is 1.40 bits per heavy atom. The number of carbonyl (C=O) groups is 3. The third kappa shape index (κ3) is 9.33. The minimum absolute atomic E-state index is 0.0519. The normalized spacial score (nSPS) is 11.6. The van der Waals surface area contributed by atoms with Crippen molar-refractivity contribution in [3.8, 4) is 22.8 Å². The van der Waals surface area contributed by atoms with Gasteiger partial charge in [-0.3, -0.25) is 14.4 Å². The summed E-state index contributed by atoms with van der Waals surface area (Å²) < 4.78 is 10.5. The summed E-state index contributed by atoms with van der Waals surface area (Å²) in [6, 6.07) is 40.1. The molecule has 1 heterocycles. The predicted molar refractivity (Wildman–Crippen MR) is 208 cm³/mol. The van der Waals surface area contributed by atoms with Crippen LogP contribution in [0.25, 0.3) is 17.3 Å². The molecule has 0 bridgehead atoms. The fourth-order valence-electron chi connectivity index (χ4n) is 5.09. The van der Waals surface area contributed by atoms with Crippen LogP contribution in [-0.2, 0) is 9.59 Å².